The van der Waals surface area contributed by atoms with Crippen LogP contribution in [0.1, 0.15) is 19.3 Å². The Kier molecular flexibility index (Phi) is 8.34. The highest BCUT2D eigenvalue weighted by Gasteiger charge is 2.34. The molecule has 21 heavy (non-hydrogen) atoms. The number of hydrogen-bond acceptors (Lipinski definition) is 4. The Labute approximate surface area is 139 Å². The maximum absolute atomic E-state index is 11.7. The lowest BCUT2D eigenvalue weighted by atomic mass is 10.1. The standard InChI is InChI=1S/C12H20Cl3NO4Si/c1-19-12(18)10-8-11(17)16(9-10)4-2-5-20-6-3-7-21(13,14)15/h10H,2-9H2,1H3. The van der Waals surface area contributed by atoms with E-state index in [2.05, 4.69) is 4.74 Å². The molecule has 1 rings (SSSR count). The molecule has 9 heteroatoms. The molecule has 0 aromatic carbocycles. The summed E-state index contributed by atoms with van der Waals surface area (Å²) in [5.74, 6) is -0.664. The van der Waals surface area contributed by atoms with E-state index in [0.717, 1.165) is 12.8 Å². The summed E-state index contributed by atoms with van der Waals surface area (Å²) in [5, 5.41) is 0. The van der Waals surface area contributed by atoms with Crippen molar-refractivity contribution in [1.82, 2.24) is 4.90 Å². The summed E-state index contributed by atoms with van der Waals surface area (Å²) in [7, 11) is 1.34. The predicted molar refractivity (Wildman–Crippen MR) is 84.9 cm³/mol. The molecule has 0 aliphatic carbocycles. The SMILES string of the molecule is COC(=O)C1CC(=O)N(CCCOCCC[Si](Cl)(Cl)Cl)C1. The third-order valence-corrected chi connectivity index (χ3v) is 5.84. The number of hydrogen-bond donors (Lipinski definition) is 0. The van der Waals surface area contributed by atoms with Crippen LogP contribution in [0.2, 0.25) is 6.04 Å². The minimum Gasteiger partial charge on any atom is -0.469 e. The van der Waals surface area contributed by atoms with Crippen LogP contribution in [-0.4, -0.2) is 56.2 Å². The number of likely N-dealkylation sites (tertiary alicyclic amines) is 1. The van der Waals surface area contributed by atoms with Gasteiger partial charge in [0.25, 0.3) is 0 Å². The Morgan fingerprint density at radius 3 is 2.62 bits per heavy atom. The first-order valence-electron chi connectivity index (χ1n) is 6.83. The Bertz CT molecular complexity index is 365. The minimum atomic E-state index is -2.54. The Morgan fingerprint density at radius 2 is 2.00 bits per heavy atom. The second-order valence-corrected chi connectivity index (χ2v) is 14.2. The largest absolute Gasteiger partial charge is 0.469 e. The minimum absolute atomic E-state index is 0.00685. The van der Waals surface area contributed by atoms with E-state index in [1.807, 2.05) is 0 Å². The summed E-state index contributed by atoms with van der Waals surface area (Å²) in [6.07, 6.45) is 1.70. The van der Waals surface area contributed by atoms with Crippen LogP contribution in [0.5, 0.6) is 0 Å². The Hall–Kier alpha value is -0.0131. The van der Waals surface area contributed by atoms with Gasteiger partial charge in [-0.1, -0.05) is 0 Å². The maximum atomic E-state index is 11.7. The molecule has 122 valence electrons. The van der Waals surface area contributed by atoms with Crippen LogP contribution < -0.4 is 0 Å². The highest BCUT2D eigenvalue weighted by atomic mass is 35.8. The van der Waals surface area contributed by atoms with Gasteiger partial charge in [-0.25, -0.2) is 0 Å². The van der Waals surface area contributed by atoms with Gasteiger partial charge in [0.15, 0.2) is 0 Å². The predicted octanol–water partition coefficient (Wildman–Crippen LogP) is 2.46. The number of nitrogens with zero attached hydrogens (tertiary/aromatic N) is 1. The number of amides is 1. The fourth-order valence-corrected chi connectivity index (χ4v) is 3.89. The van der Waals surface area contributed by atoms with Gasteiger partial charge in [-0.3, -0.25) is 9.59 Å². The molecule has 5 nitrogen and oxygen atoms in total. The number of esters is 1. The molecular weight excluding hydrogens is 357 g/mol. The second-order valence-electron chi connectivity index (χ2n) is 4.95. The second kappa shape index (κ2) is 9.20. The Balaban J connectivity index is 2.08. The molecule has 0 aromatic heterocycles. The molecule has 0 N–H and O–H groups in total. The molecule has 1 unspecified atom stereocenters. The van der Waals surface area contributed by atoms with E-state index in [1.54, 1.807) is 4.90 Å². The average Bonchev–Trinajstić information content (AvgIpc) is 2.77. The van der Waals surface area contributed by atoms with Gasteiger partial charge in [0.1, 0.15) is 0 Å². The van der Waals surface area contributed by atoms with E-state index in [0.29, 0.717) is 32.3 Å². The normalized spacial score (nSPS) is 19.1. The number of halogens is 3. The van der Waals surface area contributed by atoms with Gasteiger partial charge in [0.05, 0.1) is 13.0 Å². The highest BCUT2D eigenvalue weighted by Crippen LogP contribution is 2.26. The van der Waals surface area contributed by atoms with E-state index in [-0.39, 0.29) is 24.2 Å². The number of carbonyl (C=O) groups excluding carboxylic acids is 2. The molecule has 1 saturated heterocycles. The van der Waals surface area contributed by atoms with E-state index >= 15 is 0 Å². The van der Waals surface area contributed by atoms with Crippen molar-refractivity contribution >= 4 is 51.1 Å². The van der Waals surface area contributed by atoms with Crippen molar-refractivity contribution in [2.45, 2.75) is 25.3 Å². The molecule has 1 aliphatic rings. The molecule has 1 aliphatic heterocycles. The quantitative estimate of drug-likeness (QED) is 0.268. The van der Waals surface area contributed by atoms with Gasteiger partial charge in [0.2, 0.25) is 5.91 Å². The number of methoxy groups -OCH3 is 1. The van der Waals surface area contributed by atoms with Gasteiger partial charge < -0.3 is 14.4 Å². The zero-order valence-corrected chi connectivity index (χ0v) is 15.2. The van der Waals surface area contributed by atoms with Crippen molar-refractivity contribution in [2.75, 3.05) is 33.4 Å². The molecule has 0 saturated carbocycles. The van der Waals surface area contributed by atoms with Gasteiger partial charge in [-0.15, -0.1) is 33.2 Å². The zero-order valence-electron chi connectivity index (χ0n) is 11.9. The highest BCUT2D eigenvalue weighted by molar-refractivity contribution is 7.64. The van der Waals surface area contributed by atoms with Gasteiger partial charge in [-0.05, 0) is 18.9 Å². The fourth-order valence-electron chi connectivity index (χ4n) is 2.15. The Morgan fingerprint density at radius 1 is 1.33 bits per heavy atom. The lowest BCUT2D eigenvalue weighted by Crippen LogP contribution is -2.28. The van der Waals surface area contributed by atoms with Crippen molar-refractivity contribution in [3.8, 4) is 0 Å². The molecular formula is C12H20Cl3NO4Si. The number of ether oxygens (including phenoxy) is 2. The van der Waals surface area contributed by atoms with Crippen molar-refractivity contribution < 1.29 is 19.1 Å². The molecule has 1 amide bonds. The first kappa shape index (κ1) is 19.0. The topological polar surface area (TPSA) is 55.8 Å². The summed E-state index contributed by atoms with van der Waals surface area (Å²) < 4.78 is 10.1. The van der Waals surface area contributed by atoms with Gasteiger partial charge >= 0.3 is 12.0 Å². The average molecular weight is 377 g/mol. The van der Waals surface area contributed by atoms with Crippen molar-refractivity contribution in [1.29, 1.82) is 0 Å². The molecule has 1 fully saturated rings. The van der Waals surface area contributed by atoms with Crippen LogP contribution in [0, 0.1) is 5.92 Å². The summed E-state index contributed by atoms with van der Waals surface area (Å²) in [4.78, 5) is 24.8. The van der Waals surface area contributed by atoms with Gasteiger partial charge in [-0.2, -0.15) is 0 Å². The van der Waals surface area contributed by atoms with Crippen LogP contribution in [0.15, 0.2) is 0 Å². The lowest BCUT2D eigenvalue weighted by Gasteiger charge is -2.16. The fraction of sp³-hybridized carbons (Fsp3) is 0.833. The van der Waals surface area contributed by atoms with E-state index in [4.69, 9.17) is 38.0 Å². The molecule has 0 spiro atoms. The smallest absolute Gasteiger partial charge is 0.341 e. The van der Waals surface area contributed by atoms with E-state index in [9.17, 15) is 9.59 Å². The van der Waals surface area contributed by atoms with Crippen LogP contribution >= 0.6 is 33.2 Å². The lowest BCUT2D eigenvalue weighted by molar-refractivity contribution is -0.145. The van der Waals surface area contributed by atoms with Crippen LogP contribution in [0.4, 0.5) is 0 Å². The molecule has 0 aromatic rings. The van der Waals surface area contributed by atoms with Crippen LogP contribution in [-0.2, 0) is 19.1 Å². The summed E-state index contributed by atoms with van der Waals surface area (Å²) >= 11 is 17.3. The van der Waals surface area contributed by atoms with Gasteiger partial charge in [0, 0.05) is 32.7 Å². The monoisotopic (exact) mass is 375 g/mol. The zero-order chi connectivity index (χ0) is 15.9. The van der Waals surface area contributed by atoms with Crippen molar-refractivity contribution in [2.24, 2.45) is 5.92 Å². The third-order valence-electron chi connectivity index (χ3n) is 3.21. The molecule has 0 bridgehead atoms. The first-order chi connectivity index (χ1) is 9.83. The summed E-state index contributed by atoms with van der Waals surface area (Å²) in [6.45, 7) is 2.13. The summed E-state index contributed by atoms with van der Waals surface area (Å²) in [6, 6.07) is -1.95. The van der Waals surface area contributed by atoms with E-state index < -0.39 is 6.00 Å². The van der Waals surface area contributed by atoms with Crippen LogP contribution in [0.3, 0.4) is 0 Å². The van der Waals surface area contributed by atoms with Crippen molar-refractivity contribution in [3.63, 3.8) is 0 Å². The molecule has 0 radical (unpaired) electrons. The van der Waals surface area contributed by atoms with E-state index in [1.165, 1.54) is 7.11 Å². The number of carbonyl (C=O) groups is 2. The number of rotatable bonds is 9. The summed E-state index contributed by atoms with van der Waals surface area (Å²) in [5.41, 5.74) is 0. The third kappa shape index (κ3) is 7.70. The first-order valence-corrected chi connectivity index (χ1v) is 12.1. The molecule has 1 heterocycles. The van der Waals surface area contributed by atoms with Crippen molar-refractivity contribution in [3.05, 3.63) is 0 Å². The van der Waals surface area contributed by atoms with Crippen LogP contribution in [0.25, 0.3) is 0 Å². The maximum Gasteiger partial charge on any atom is 0.341 e. The molecule has 1 atom stereocenters.